The number of aromatic nitrogens is 4. The molecule has 224 valence electrons. The number of hydrogen-bond donors (Lipinski definition) is 2. The molecular weight excluding hydrogens is 558 g/mol. The third kappa shape index (κ3) is 5.25. The highest BCUT2D eigenvalue weighted by Gasteiger charge is 2.48. The predicted molar refractivity (Wildman–Crippen MR) is 158 cm³/mol. The van der Waals surface area contributed by atoms with Crippen LogP contribution in [0.25, 0.3) is 16.5 Å². The van der Waals surface area contributed by atoms with E-state index in [1.165, 1.54) is 17.7 Å². The number of amides is 1. The summed E-state index contributed by atoms with van der Waals surface area (Å²) in [5.41, 5.74) is 4.06. The standard InChI is InChI=1S/C29H37N7O5S/c1-18-12-20(6-11-35(18)26(38)28(2)7-8-28)22-13-21(42(39,40)33-29(3)9-10-29)14-23-24(22)31-27(32-41-5)36(25(23)37)17-19-15-30-34(4)16-19/h12-16,18,33H,6-11,17H2,1-5H3,(H,31,32)/t18-/m1/s1. The van der Waals surface area contributed by atoms with Crippen LogP contribution in [-0.4, -0.2) is 63.8 Å². The third-order valence-corrected chi connectivity index (χ3v) is 10.3. The highest BCUT2D eigenvalue weighted by Crippen LogP contribution is 2.47. The van der Waals surface area contributed by atoms with Crippen molar-refractivity contribution in [3.05, 3.63) is 52.1 Å². The summed E-state index contributed by atoms with van der Waals surface area (Å²) in [6, 6.07) is 2.82. The molecule has 2 N–H and O–H groups in total. The number of hydrogen-bond acceptors (Lipinski definition) is 8. The summed E-state index contributed by atoms with van der Waals surface area (Å²) >= 11 is 0. The minimum Gasteiger partial charge on any atom is -0.336 e. The van der Waals surface area contributed by atoms with Gasteiger partial charge in [0.05, 0.1) is 35.6 Å². The average molecular weight is 596 g/mol. The zero-order chi connectivity index (χ0) is 30.0. The largest absolute Gasteiger partial charge is 0.336 e. The SMILES string of the molecule is CONc1nc2c(C3=C[C@@H](C)N(C(=O)C4(C)CC4)CC3)cc(S(=O)(=O)NC3(C)CC3)cc2c(=O)n1Cc1cnn(C)c1. The second-order valence-electron chi connectivity index (χ2n) is 12.4. The number of nitrogens with one attached hydrogen (secondary N) is 2. The highest BCUT2D eigenvalue weighted by atomic mass is 32.2. The van der Waals surface area contributed by atoms with Crippen molar-refractivity contribution in [2.24, 2.45) is 12.5 Å². The van der Waals surface area contributed by atoms with Gasteiger partial charge in [0, 0.05) is 47.9 Å². The fraction of sp³-hybridized carbons (Fsp3) is 0.517. The van der Waals surface area contributed by atoms with Gasteiger partial charge in [-0.1, -0.05) is 13.0 Å². The van der Waals surface area contributed by atoms with Crippen molar-refractivity contribution in [3.63, 3.8) is 0 Å². The first-order valence-corrected chi connectivity index (χ1v) is 15.7. The monoisotopic (exact) mass is 595 g/mol. The molecule has 6 rings (SSSR count). The molecule has 2 aliphatic carbocycles. The van der Waals surface area contributed by atoms with Gasteiger partial charge < -0.3 is 4.90 Å². The van der Waals surface area contributed by atoms with Crippen LogP contribution in [0.2, 0.25) is 0 Å². The first kappa shape index (κ1) is 28.6. The minimum atomic E-state index is -3.93. The lowest BCUT2D eigenvalue weighted by Crippen LogP contribution is -2.44. The second-order valence-corrected chi connectivity index (χ2v) is 14.1. The number of sulfonamides is 1. The summed E-state index contributed by atoms with van der Waals surface area (Å²) in [5, 5.41) is 4.37. The molecule has 3 aliphatic rings. The Bertz CT molecular complexity index is 1780. The summed E-state index contributed by atoms with van der Waals surface area (Å²) in [7, 11) is -0.714. The Morgan fingerprint density at radius 1 is 1.19 bits per heavy atom. The molecule has 0 unspecified atom stereocenters. The maximum Gasteiger partial charge on any atom is 0.263 e. The van der Waals surface area contributed by atoms with Crippen molar-refractivity contribution in [1.82, 2.24) is 29.0 Å². The van der Waals surface area contributed by atoms with Gasteiger partial charge in [-0.3, -0.25) is 23.7 Å². The molecule has 42 heavy (non-hydrogen) atoms. The molecule has 1 aromatic carbocycles. The number of carbonyl (C=O) groups is 1. The maximum atomic E-state index is 14.1. The lowest BCUT2D eigenvalue weighted by molar-refractivity contribution is -0.137. The van der Waals surface area contributed by atoms with Crippen molar-refractivity contribution in [1.29, 1.82) is 0 Å². The minimum absolute atomic E-state index is 0.00922. The lowest BCUT2D eigenvalue weighted by Gasteiger charge is -2.34. The van der Waals surface area contributed by atoms with Crippen LogP contribution in [0.4, 0.5) is 5.95 Å². The van der Waals surface area contributed by atoms with Gasteiger partial charge in [-0.05, 0) is 63.7 Å². The zero-order valence-corrected chi connectivity index (χ0v) is 25.4. The van der Waals surface area contributed by atoms with E-state index in [1.54, 1.807) is 30.2 Å². The van der Waals surface area contributed by atoms with E-state index < -0.39 is 21.1 Å². The quantitative estimate of drug-likeness (QED) is 0.360. The Hall–Kier alpha value is -3.55. The first-order chi connectivity index (χ1) is 19.8. The Kier molecular flexibility index (Phi) is 6.82. The number of anilines is 1. The van der Waals surface area contributed by atoms with Crippen LogP contribution in [0.3, 0.4) is 0 Å². The van der Waals surface area contributed by atoms with Crippen molar-refractivity contribution in [2.75, 3.05) is 19.1 Å². The molecule has 0 bridgehead atoms. The van der Waals surface area contributed by atoms with Gasteiger partial charge in [0.25, 0.3) is 5.56 Å². The Morgan fingerprint density at radius 2 is 1.93 bits per heavy atom. The molecule has 3 aromatic rings. The number of fused-ring (bicyclic) bond motifs is 1. The second kappa shape index (κ2) is 10.0. The summed E-state index contributed by atoms with van der Waals surface area (Å²) in [6.07, 6.45) is 9.24. The fourth-order valence-electron chi connectivity index (χ4n) is 5.59. The molecule has 1 atom stereocenters. The van der Waals surface area contributed by atoms with E-state index in [1.807, 2.05) is 31.7 Å². The van der Waals surface area contributed by atoms with E-state index in [0.29, 0.717) is 24.0 Å². The van der Waals surface area contributed by atoms with Gasteiger partial charge >= 0.3 is 0 Å². The molecule has 2 fully saturated rings. The summed E-state index contributed by atoms with van der Waals surface area (Å²) in [4.78, 5) is 39.1. The number of benzene rings is 1. The number of aryl methyl sites for hydroxylation is 1. The highest BCUT2D eigenvalue weighted by molar-refractivity contribution is 7.89. The summed E-state index contributed by atoms with van der Waals surface area (Å²) in [5.74, 6) is 0.332. The molecule has 0 spiro atoms. The molecule has 0 saturated heterocycles. The normalized spacial score (nSPS) is 20.8. The summed E-state index contributed by atoms with van der Waals surface area (Å²) < 4.78 is 33.0. The lowest BCUT2D eigenvalue weighted by atomic mass is 9.93. The van der Waals surface area contributed by atoms with E-state index in [0.717, 1.165) is 36.8 Å². The Morgan fingerprint density at radius 3 is 2.52 bits per heavy atom. The van der Waals surface area contributed by atoms with Crippen LogP contribution in [0.15, 0.2) is 40.3 Å². The third-order valence-electron chi connectivity index (χ3n) is 8.70. The molecule has 13 heteroatoms. The summed E-state index contributed by atoms with van der Waals surface area (Å²) in [6.45, 7) is 6.49. The molecule has 1 aliphatic heterocycles. The topological polar surface area (TPSA) is 140 Å². The molecule has 2 saturated carbocycles. The molecular formula is C29H37N7O5S. The van der Waals surface area contributed by atoms with Crippen LogP contribution in [-0.2, 0) is 33.2 Å². The molecule has 2 aromatic heterocycles. The predicted octanol–water partition coefficient (Wildman–Crippen LogP) is 2.79. The molecule has 1 amide bonds. The van der Waals surface area contributed by atoms with Gasteiger partial charge in [0.15, 0.2) is 0 Å². The van der Waals surface area contributed by atoms with Crippen molar-refractivity contribution < 1.29 is 18.0 Å². The smallest absolute Gasteiger partial charge is 0.263 e. The van der Waals surface area contributed by atoms with Crippen molar-refractivity contribution in [3.8, 4) is 0 Å². The zero-order valence-electron chi connectivity index (χ0n) is 24.6. The van der Waals surface area contributed by atoms with Crippen LogP contribution in [0.1, 0.15) is 64.0 Å². The molecule has 0 radical (unpaired) electrons. The maximum absolute atomic E-state index is 14.1. The van der Waals surface area contributed by atoms with Gasteiger partial charge in [-0.25, -0.2) is 23.6 Å². The van der Waals surface area contributed by atoms with E-state index in [4.69, 9.17) is 9.82 Å². The van der Waals surface area contributed by atoms with E-state index in [9.17, 15) is 18.0 Å². The van der Waals surface area contributed by atoms with Gasteiger partial charge in [-0.15, -0.1) is 0 Å². The van der Waals surface area contributed by atoms with E-state index >= 15 is 0 Å². The van der Waals surface area contributed by atoms with E-state index in [2.05, 4.69) is 15.3 Å². The van der Waals surface area contributed by atoms with Crippen LogP contribution in [0, 0.1) is 5.41 Å². The van der Waals surface area contributed by atoms with Crippen LogP contribution in [0.5, 0.6) is 0 Å². The van der Waals surface area contributed by atoms with Crippen LogP contribution < -0.4 is 15.8 Å². The van der Waals surface area contributed by atoms with Gasteiger partial charge in [0.2, 0.25) is 21.9 Å². The average Bonchev–Trinajstić information content (AvgIpc) is 3.82. The van der Waals surface area contributed by atoms with E-state index in [-0.39, 0.29) is 40.1 Å². The molecule has 3 heterocycles. The van der Waals surface area contributed by atoms with Gasteiger partial charge in [0.1, 0.15) is 0 Å². The fourth-order valence-corrected chi connectivity index (χ4v) is 7.11. The van der Waals surface area contributed by atoms with Crippen LogP contribution >= 0.6 is 0 Å². The number of rotatable bonds is 9. The number of nitrogens with zero attached hydrogens (tertiary/aromatic N) is 5. The van der Waals surface area contributed by atoms with Crippen molar-refractivity contribution >= 4 is 38.4 Å². The number of carbonyl (C=O) groups excluding carboxylic acids is 1. The van der Waals surface area contributed by atoms with Crippen molar-refractivity contribution in [2.45, 2.75) is 75.9 Å². The molecule has 12 nitrogen and oxygen atoms in total. The first-order valence-electron chi connectivity index (χ1n) is 14.2. The van der Waals surface area contributed by atoms with Gasteiger partial charge in [-0.2, -0.15) is 5.10 Å². The Labute approximate surface area is 244 Å². The Balaban J connectivity index is 1.51.